The van der Waals surface area contributed by atoms with Crippen molar-refractivity contribution < 1.29 is 22.7 Å². The third-order valence-corrected chi connectivity index (χ3v) is 7.03. The summed E-state index contributed by atoms with van der Waals surface area (Å²) in [4.78, 5) is 14.9. The Labute approximate surface area is 164 Å². The fourth-order valence-electron chi connectivity index (χ4n) is 3.58. The lowest BCUT2D eigenvalue weighted by Crippen LogP contribution is -2.40. The number of sulfonamides is 1. The van der Waals surface area contributed by atoms with Gasteiger partial charge < -0.3 is 14.4 Å². The molecule has 2 aliphatic rings. The highest BCUT2D eigenvalue weighted by Crippen LogP contribution is 2.32. The second-order valence-electron chi connectivity index (χ2n) is 6.74. The van der Waals surface area contributed by atoms with Gasteiger partial charge in [-0.2, -0.15) is 4.31 Å². The van der Waals surface area contributed by atoms with Crippen molar-refractivity contribution in [1.29, 1.82) is 0 Å². The zero-order valence-corrected chi connectivity index (χ0v) is 16.4. The Hall–Kier alpha value is -2.42. The maximum Gasteiger partial charge on any atom is 0.258 e. The molecule has 4 rings (SSSR count). The Morgan fingerprint density at radius 3 is 2.43 bits per heavy atom. The number of benzene rings is 2. The summed E-state index contributed by atoms with van der Waals surface area (Å²) in [6.07, 6.45) is 0.629. The summed E-state index contributed by atoms with van der Waals surface area (Å²) in [5.41, 5.74) is 2.21. The number of rotatable bonds is 4. The molecule has 0 spiro atoms. The van der Waals surface area contributed by atoms with E-state index in [0.29, 0.717) is 50.6 Å². The molecular weight excluding hydrogens is 380 g/mol. The zero-order chi connectivity index (χ0) is 19.7. The molecule has 0 atom stereocenters. The number of morpholine rings is 1. The van der Waals surface area contributed by atoms with Crippen LogP contribution in [-0.4, -0.2) is 58.6 Å². The van der Waals surface area contributed by atoms with Gasteiger partial charge in [0.25, 0.3) is 5.91 Å². The van der Waals surface area contributed by atoms with Gasteiger partial charge in [-0.05, 0) is 54.4 Å². The highest BCUT2D eigenvalue weighted by atomic mass is 32.2. The van der Waals surface area contributed by atoms with Gasteiger partial charge in [0.05, 0.1) is 25.2 Å². The first kappa shape index (κ1) is 18.9. The summed E-state index contributed by atoms with van der Waals surface area (Å²) in [5, 5.41) is 0. The van der Waals surface area contributed by atoms with Gasteiger partial charge in [0, 0.05) is 30.9 Å². The largest absolute Gasteiger partial charge is 0.497 e. The van der Waals surface area contributed by atoms with Crippen LogP contribution in [0.1, 0.15) is 15.9 Å². The number of hydrogen-bond donors (Lipinski definition) is 0. The molecule has 2 aromatic rings. The van der Waals surface area contributed by atoms with E-state index < -0.39 is 10.0 Å². The molecule has 0 aliphatic carbocycles. The van der Waals surface area contributed by atoms with Crippen molar-refractivity contribution in [1.82, 2.24) is 4.31 Å². The number of anilines is 1. The lowest BCUT2D eigenvalue weighted by molar-refractivity contribution is 0.0730. The predicted octanol–water partition coefficient (Wildman–Crippen LogP) is 1.92. The Bertz CT molecular complexity index is 982. The van der Waals surface area contributed by atoms with Crippen molar-refractivity contribution >= 4 is 21.6 Å². The van der Waals surface area contributed by atoms with Crippen molar-refractivity contribution in [3.8, 4) is 5.75 Å². The fraction of sp³-hybridized carbons (Fsp3) is 0.350. The first-order chi connectivity index (χ1) is 13.5. The summed E-state index contributed by atoms with van der Waals surface area (Å²) in [5.74, 6) is 0.585. The smallest absolute Gasteiger partial charge is 0.258 e. The maximum absolute atomic E-state index is 12.9. The molecule has 2 aliphatic heterocycles. The Morgan fingerprint density at radius 1 is 1.04 bits per heavy atom. The van der Waals surface area contributed by atoms with Gasteiger partial charge in [0.15, 0.2) is 0 Å². The highest BCUT2D eigenvalue weighted by Gasteiger charge is 2.30. The third-order valence-electron chi connectivity index (χ3n) is 5.14. The topological polar surface area (TPSA) is 76.2 Å². The van der Waals surface area contributed by atoms with Crippen LogP contribution in [0.25, 0.3) is 0 Å². The number of carbonyl (C=O) groups excluding carboxylic acids is 1. The number of fused-ring (bicyclic) bond motifs is 1. The molecule has 0 radical (unpaired) electrons. The van der Waals surface area contributed by atoms with Crippen LogP contribution in [0.4, 0.5) is 5.69 Å². The number of amides is 1. The molecule has 8 heteroatoms. The SMILES string of the molecule is COc1ccc(C(=O)N2CCc3cc(S(=O)(=O)N4CCOCC4)ccc32)cc1. The van der Waals surface area contributed by atoms with Crippen molar-refractivity contribution in [3.63, 3.8) is 0 Å². The van der Waals surface area contributed by atoms with Gasteiger partial charge in [-0.1, -0.05) is 0 Å². The van der Waals surface area contributed by atoms with Gasteiger partial charge in [0.2, 0.25) is 10.0 Å². The van der Waals surface area contributed by atoms with Crippen LogP contribution in [0.2, 0.25) is 0 Å². The van der Waals surface area contributed by atoms with E-state index in [2.05, 4.69) is 0 Å². The van der Waals surface area contributed by atoms with Crippen LogP contribution in [0.5, 0.6) is 5.75 Å². The molecular formula is C20H22N2O5S. The fourth-order valence-corrected chi connectivity index (χ4v) is 5.03. The Morgan fingerprint density at radius 2 is 1.75 bits per heavy atom. The first-order valence-electron chi connectivity index (χ1n) is 9.17. The minimum absolute atomic E-state index is 0.106. The van der Waals surface area contributed by atoms with Crippen molar-refractivity contribution in [2.75, 3.05) is 44.9 Å². The van der Waals surface area contributed by atoms with Gasteiger partial charge in [0.1, 0.15) is 5.75 Å². The second kappa shape index (κ2) is 7.54. The highest BCUT2D eigenvalue weighted by molar-refractivity contribution is 7.89. The molecule has 28 heavy (non-hydrogen) atoms. The molecule has 1 fully saturated rings. The average molecular weight is 402 g/mol. The van der Waals surface area contributed by atoms with Gasteiger partial charge in [-0.3, -0.25) is 4.79 Å². The molecule has 0 unspecified atom stereocenters. The summed E-state index contributed by atoms with van der Waals surface area (Å²) < 4.78 is 37.6. The van der Waals surface area contributed by atoms with Crippen LogP contribution < -0.4 is 9.64 Å². The number of hydrogen-bond acceptors (Lipinski definition) is 5. The number of ether oxygens (including phenoxy) is 2. The normalized spacial score (nSPS) is 17.4. The van der Waals surface area contributed by atoms with Crippen LogP contribution in [0, 0.1) is 0 Å². The van der Waals surface area contributed by atoms with E-state index in [-0.39, 0.29) is 10.8 Å². The first-order valence-corrected chi connectivity index (χ1v) is 10.6. The summed E-state index contributed by atoms with van der Waals surface area (Å²) in [6, 6.07) is 12.0. The number of carbonyl (C=O) groups is 1. The van der Waals surface area contributed by atoms with Crippen molar-refractivity contribution in [2.45, 2.75) is 11.3 Å². The molecule has 0 aromatic heterocycles. The molecule has 1 amide bonds. The van der Waals surface area contributed by atoms with Crippen LogP contribution >= 0.6 is 0 Å². The number of nitrogens with zero attached hydrogens (tertiary/aromatic N) is 2. The second-order valence-corrected chi connectivity index (χ2v) is 8.68. The van der Waals surface area contributed by atoms with E-state index >= 15 is 0 Å². The maximum atomic E-state index is 12.9. The van der Waals surface area contributed by atoms with Crippen LogP contribution in [0.3, 0.4) is 0 Å². The number of methoxy groups -OCH3 is 1. The van der Waals surface area contributed by atoms with E-state index in [1.165, 1.54) is 4.31 Å². The summed E-state index contributed by atoms with van der Waals surface area (Å²) in [6.45, 7) is 2.08. The van der Waals surface area contributed by atoms with Crippen LogP contribution in [0.15, 0.2) is 47.4 Å². The van der Waals surface area contributed by atoms with Gasteiger partial charge >= 0.3 is 0 Å². The average Bonchev–Trinajstić information content (AvgIpc) is 3.17. The lowest BCUT2D eigenvalue weighted by Gasteiger charge is -2.26. The van der Waals surface area contributed by atoms with Crippen LogP contribution in [-0.2, 0) is 21.2 Å². The predicted molar refractivity (Wildman–Crippen MR) is 104 cm³/mol. The molecule has 0 N–H and O–H groups in total. The quantitative estimate of drug-likeness (QED) is 0.781. The monoisotopic (exact) mass is 402 g/mol. The minimum Gasteiger partial charge on any atom is -0.497 e. The molecule has 7 nitrogen and oxygen atoms in total. The molecule has 148 valence electrons. The van der Waals surface area contributed by atoms with E-state index in [1.807, 2.05) is 0 Å². The Balaban J connectivity index is 1.58. The van der Waals surface area contributed by atoms with E-state index in [1.54, 1.807) is 54.5 Å². The third kappa shape index (κ3) is 3.39. The zero-order valence-electron chi connectivity index (χ0n) is 15.6. The van der Waals surface area contributed by atoms with E-state index in [9.17, 15) is 13.2 Å². The van der Waals surface area contributed by atoms with Crippen molar-refractivity contribution in [2.24, 2.45) is 0 Å². The van der Waals surface area contributed by atoms with Gasteiger partial charge in [-0.25, -0.2) is 8.42 Å². The Kier molecular flexibility index (Phi) is 5.09. The molecule has 0 bridgehead atoms. The van der Waals surface area contributed by atoms with E-state index in [4.69, 9.17) is 9.47 Å². The minimum atomic E-state index is -3.55. The standard InChI is InChI=1S/C20H22N2O5S/c1-26-17-4-2-15(3-5-17)20(23)22-9-8-16-14-18(6-7-19(16)22)28(24,25)21-10-12-27-13-11-21/h2-7,14H,8-13H2,1H3. The summed E-state index contributed by atoms with van der Waals surface area (Å²) in [7, 11) is -1.97. The molecule has 2 aromatic carbocycles. The van der Waals surface area contributed by atoms with Gasteiger partial charge in [-0.15, -0.1) is 0 Å². The molecule has 1 saturated heterocycles. The molecule has 2 heterocycles. The summed E-state index contributed by atoms with van der Waals surface area (Å²) >= 11 is 0. The lowest BCUT2D eigenvalue weighted by atomic mass is 10.1. The van der Waals surface area contributed by atoms with Crippen molar-refractivity contribution in [3.05, 3.63) is 53.6 Å². The van der Waals surface area contributed by atoms with E-state index in [0.717, 1.165) is 11.3 Å². The molecule has 0 saturated carbocycles.